The van der Waals surface area contributed by atoms with Gasteiger partial charge in [-0.15, -0.1) is 0 Å². The van der Waals surface area contributed by atoms with Gasteiger partial charge in [-0.1, -0.05) is 17.2 Å². The molecule has 0 fully saturated rings. The van der Waals surface area contributed by atoms with E-state index in [0.29, 0.717) is 5.56 Å². The Morgan fingerprint density at radius 3 is 2.24 bits per heavy atom. The van der Waals surface area contributed by atoms with E-state index >= 15 is 0 Å². The van der Waals surface area contributed by atoms with Gasteiger partial charge in [0.05, 0.1) is 12.2 Å². The number of anilines is 1. The molecule has 0 aliphatic heterocycles. The summed E-state index contributed by atoms with van der Waals surface area (Å²) < 4.78 is 39.3. The van der Waals surface area contributed by atoms with Crippen molar-refractivity contribution < 1.29 is 22.8 Å². The van der Waals surface area contributed by atoms with Crippen LogP contribution < -0.4 is 16.2 Å². The second-order valence-electron chi connectivity index (χ2n) is 5.46. The van der Waals surface area contributed by atoms with Gasteiger partial charge >= 0.3 is 0 Å². The summed E-state index contributed by atoms with van der Waals surface area (Å²) in [6.07, 6.45) is 0. The van der Waals surface area contributed by atoms with Crippen LogP contribution in [-0.4, -0.2) is 18.4 Å². The highest BCUT2D eigenvalue weighted by molar-refractivity contribution is 5.96. The quantitative estimate of drug-likeness (QED) is 0.573. The van der Waals surface area contributed by atoms with Crippen molar-refractivity contribution in [3.05, 3.63) is 64.5 Å². The fourth-order valence-electron chi connectivity index (χ4n) is 2.17. The van der Waals surface area contributed by atoms with Crippen LogP contribution in [0.1, 0.15) is 21.5 Å². The molecule has 2 aromatic carbocycles. The molecule has 0 saturated carbocycles. The lowest BCUT2D eigenvalue weighted by Crippen LogP contribution is -2.39. The lowest BCUT2D eigenvalue weighted by molar-refractivity contribution is -0.119. The lowest BCUT2D eigenvalue weighted by Gasteiger charge is -2.11. The first kappa shape index (κ1) is 18.3. The molecule has 132 valence electrons. The van der Waals surface area contributed by atoms with Gasteiger partial charge < -0.3 is 5.32 Å². The minimum atomic E-state index is -1.65. The second-order valence-corrected chi connectivity index (χ2v) is 5.46. The number of hydrogen-bond donors (Lipinski definition) is 3. The van der Waals surface area contributed by atoms with E-state index in [1.807, 2.05) is 19.9 Å². The molecule has 2 amide bonds. The Balaban J connectivity index is 1.88. The molecule has 0 saturated heterocycles. The van der Waals surface area contributed by atoms with Crippen LogP contribution in [0.5, 0.6) is 0 Å². The summed E-state index contributed by atoms with van der Waals surface area (Å²) in [5.74, 6) is -5.58. The van der Waals surface area contributed by atoms with Crippen molar-refractivity contribution in [1.82, 2.24) is 10.7 Å². The molecule has 25 heavy (non-hydrogen) atoms. The van der Waals surface area contributed by atoms with Gasteiger partial charge in [-0.2, -0.15) is 0 Å². The van der Waals surface area contributed by atoms with Crippen molar-refractivity contribution in [2.45, 2.75) is 13.8 Å². The van der Waals surface area contributed by atoms with Crippen molar-refractivity contribution >= 4 is 17.5 Å². The van der Waals surface area contributed by atoms with E-state index in [2.05, 4.69) is 16.2 Å². The zero-order valence-electron chi connectivity index (χ0n) is 13.5. The molecule has 2 rings (SSSR count). The fourth-order valence-corrected chi connectivity index (χ4v) is 2.17. The summed E-state index contributed by atoms with van der Waals surface area (Å²) >= 11 is 0. The number of hydrogen-bond acceptors (Lipinski definition) is 3. The SMILES string of the molecule is Cc1cc(C)cc(C(=O)NCC(=O)NNc2ccc(F)c(F)c2F)c1. The van der Waals surface area contributed by atoms with Crippen LogP contribution in [0.4, 0.5) is 18.9 Å². The van der Waals surface area contributed by atoms with Crippen molar-refractivity contribution in [1.29, 1.82) is 0 Å². The molecule has 0 heterocycles. The molecular weight excluding hydrogens is 335 g/mol. The van der Waals surface area contributed by atoms with Crippen molar-refractivity contribution in [3.63, 3.8) is 0 Å². The minimum Gasteiger partial charge on any atom is -0.343 e. The largest absolute Gasteiger partial charge is 0.343 e. The van der Waals surface area contributed by atoms with Gasteiger partial charge in [0.15, 0.2) is 17.5 Å². The third-order valence-electron chi connectivity index (χ3n) is 3.27. The molecule has 5 nitrogen and oxygen atoms in total. The predicted molar refractivity (Wildman–Crippen MR) is 86.3 cm³/mol. The topological polar surface area (TPSA) is 70.2 Å². The second kappa shape index (κ2) is 7.69. The number of carbonyl (C=O) groups excluding carboxylic acids is 2. The average Bonchev–Trinajstić information content (AvgIpc) is 2.56. The maximum atomic E-state index is 13.4. The number of nitrogens with one attached hydrogen (secondary N) is 3. The van der Waals surface area contributed by atoms with Crippen molar-refractivity contribution in [2.75, 3.05) is 12.0 Å². The Morgan fingerprint density at radius 2 is 1.60 bits per heavy atom. The third kappa shape index (κ3) is 4.72. The first-order valence-corrected chi connectivity index (χ1v) is 7.33. The zero-order valence-corrected chi connectivity index (χ0v) is 13.5. The van der Waals surface area contributed by atoms with E-state index < -0.39 is 35.0 Å². The maximum Gasteiger partial charge on any atom is 0.257 e. The van der Waals surface area contributed by atoms with E-state index in [1.54, 1.807) is 12.1 Å². The summed E-state index contributed by atoms with van der Waals surface area (Å²) in [4.78, 5) is 23.7. The molecule has 8 heteroatoms. The van der Waals surface area contributed by atoms with E-state index in [4.69, 9.17) is 0 Å². The molecule has 3 N–H and O–H groups in total. The first-order valence-electron chi connectivity index (χ1n) is 7.33. The highest BCUT2D eigenvalue weighted by atomic mass is 19.2. The predicted octanol–water partition coefficient (Wildman–Crippen LogP) is 2.59. The van der Waals surface area contributed by atoms with Crippen LogP contribution in [0.25, 0.3) is 0 Å². The molecule has 0 aromatic heterocycles. The van der Waals surface area contributed by atoms with Gasteiger partial charge in [0.25, 0.3) is 11.8 Å². The van der Waals surface area contributed by atoms with Crippen LogP contribution in [0.2, 0.25) is 0 Å². The molecular formula is C17H16F3N3O2. The third-order valence-corrected chi connectivity index (χ3v) is 3.27. The zero-order chi connectivity index (χ0) is 18.6. The Bertz CT molecular complexity index is 805. The van der Waals surface area contributed by atoms with Crippen molar-refractivity contribution in [2.24, 2.45) is 0 Å². The summed E-state index contributed by atoms with van der Waals surface area (Å²) in [7, 11) is 0. The smallest absolute Gasteiger partial charge is 0.257 e. The number of benzene rings is 2. The minimum absolute atomic E-state index is 0.385. The molecule has 0 bridgehead atoms. The number of aryl methyl sites for hydroxylation is 2. The van der Waals surface area contributed by atoms with Gasteiger partial charge in [0.1, 0.15) is 0 Å². The molecule has 0 aliphatic carbocycles. The maximum absolute atomic E-state index is 13.4. The van der Waals surface area contributed by atoms with E-state index in [-0.39, 0.29) is 6.54 Å². The Labute approximate surface area is 142 Å². The van der Waals surface area contributed by atoms with Gasteiger partial charge in [-0.25, -0.2) is 13.2 Å². The van der Waals surface area contributed by atoms with Crippen LogP contribution in [0, 0.1) is 31.3 Å². The summed E-state index contributed by atoms with van der Waals surface area (Å²) in [5, 5.41) is 2.41. The molecule has 0 aliphatic rings. The Kier molecular flexibility index (Phi) is 5.63. The van der Waals surface area contributed by atoms with Gasteiger partial charge in [-0.05, 0) is 38.1 Å². The lowest BCUT2D eigenvalue weighted by atomic mass is 10.1. The monoisotopic (exact) mass is 351 g/mol. The first-order chi connectivity index (χ1) is 11.8. The van der Waals surface area contributed by atoms with Crippen LogP contribution in [0.3, 0.4) is 0 Å². The van der Waals surface area contributed by atoms with E-state index in [0.717, 1.165) is 23.3 Å². The molecule has 0 unspecified atom stereocenters. The number of hydrazine groups is 1. The summed E-state index contributed by atoms with van der Waals surface area (Å²) in [6, 6.07) is 6.91. The molecule has 0 atom stereocenters. The number of rotatable bonds is 5. The fraction of sp³-hybridized carbons (Fsp3) is 0.176. The van der Waals surface area contributed by atoms with E-state index in [9.17, 15) is 22.8 Å². The van der Waals surface area contributed by atoms with Crippen LogP contribution >= 0.6 is 0 Å². The van der Waals surface area contributed by atoms with E-state index in [1.165, 1.54) is 0 Å². The number of amides is 2. The molecule has 0 radical (unpaired) electrons. The Hall–Kier alpha value is -3.03. The van der Waals surface area contributed by atoms with Gasteiger partial charge in [-0.3, -0.25) is 20.4 Å². The molecule has 2 aromatic rings. The molecule has 0 spiro atoms. The summed E-state index contributed by atoms with van der Waals surface area (Å²) in [6.45, 7) is 3.30. The highest BCUT2D eigenvalue weighted by Crippen LogP contribution is 2.18. The summed E-state index contributed by atoms with van der Waals surface area (Å²) in [5.41, 5.74) is 6.00. The van der Waals surface area contributed by atoms with Gasteiger partial charge in [0.2, 0.25) is 0 Å². The standard InChI is InChI=1S/C17H16F3N3O2/c1-9-5-10(2)7-11(6-9)17(25)21-8-14(24)23-22-13-4-3-12(18)15(19)16(13)20/h3-7,22H,8H2,1-2H3,(H,21,25)(H,23,24). The van der Waals surface area contributed by atoms with Crippen LogP contribution in [-0.2, 0) is 4.79 Å². The normalized spacial score (nSPS) is 10.3. The van der Waals surface area contributed by atoms with Crippen LogP contribution in [0.15, 0.2) is 30.3 Å². The van der Waals surface area contributed by atoms with Gasteiger partial charge in [0, 0.05) is 5.56 Å². The number of carbonyl (C=O) groups is 2. The average molecular weight is 351 g/mol. The number of halogens is 3. The highest BCUT2D eigenvalue weighted by Gasteiger charge is 2.14. The Morgan fingerprint density at radius 1 is 0.960 bits per heavy atom. The van der Waals surface area contributed by atoms with Crippen molar-refractivity contribution in [3.8, 4) is 0 Å².